The van der Waals surface area contributed by atoms with Crippen LogP contribution in [0.1, 0.15) is 53.2 Å². The number of carbonyl (C=O) groups is 1. The number of pyridine rings is 2. The lowest BCUT2D eigenvalue weighted by atomic mass is 9.99. The summed E-state index contributed by atoms with van der Waals surface area (Å²) in [6.45, 7) is 5.35. The summed E-state index contributed by atoms with van der Waals surface area (Å²) in [5, 5.41) is 0.916. The molecule has 1 saturated heterocycles. The van der Waals surface area contributed by atoms with E-state index in [9.17, 15) is 4.79 Å². The lowest BCUT2D eigenvalue weighted by Crippen LogP contribution is -2.49. The Morgan fingerprint density at radius 1 is 1.15 bits per heavy atom. The molecule has 4 aromatic rings. The first-order chi connectivity index (χ1) is 16.0. The Kier molecular flexibility index (Phi) is 4.60. The van der Waals surface area contributed by atoms with Crippen LogP contribution in [0.5, 0.6) is 0 Å². The SMILES string of the molecule is CC1OCc2c1c(N)nc1ccc(C(=O)N3[C@H](C)COC[C@@H]3c3cn4ccccc4n3)cc21. The summed E-state index contributed by atoms with van der Waals surface area (Å²) in [4.78, 5) is 25.1. The number of aromatic nitrogens is 3. The molecule has 1 aromatic carbocycles. The van der Waals surface area contributed by atoms with E-state index in [1.54, 1.807) is 0 Å². The maximum Gasteiger partial charge on any atom is 0.254 e. The van der Waals surface area contributed by atoms with Gasteiger partial charge in [-0.3, -0.25) is 4.79 Å². The van der Waals surface area contributed by atoms with Gasteiger partial charge in [0, 0.05) is 28.9 Å². The molecule has 0 saturated carbocycles. The Hall–Kier alpha value is -3.49. The molecule has 0 aliphatic carbocycles. The molecule has 2 N–H and O–H groups in total. The second-order valence-corrected chi connectivity index (χ2v) is 8.82. The van der Waals surface area contributed by atoms with Gasteiger partial charge in [0.25, 0.3) is 5.91 Å². The average Bonchev–Trinajstić information content (AvgIpc) is 3.42. The highest BCUT2D eigenvalue weighted by Gasteiger charge is 2.36. The number of carbonyl (C=O) groups excluding carboxylic acids is 1. The van der Waals surface area contributed by atoms with Gasteiger partial charge in [-0.15, -0.1) is 0 Å². The maximum atomic E-state index is 13.8. The molecule has 6 rings (SSSR count). The molecule has 0 radical (unpaired) electrons. The highest BCUT2D eigenvalue weighted by molar-refractivity contribution is 5.99. The van der Waals surface area contributed by atoms with Crippen molar-refractivity contribution < 1.29 is 14.3 Å². The minimum absolute atomic E-state index is 0.0488. The zero-order valence-electron chi connectivity index (χ0n) is 18.6. The molecule has 3 atom stereocenters. The van der Waals surface area contributed by atoms with Crippen molar-refractivity contribution in [3.8, 4) is 0 Å². The van der Waals surface area contributed by atoms with Gasteiger partial charge in [0.2, 0.25) is 0 Å². The van der Waals surface area contributed by atoms with Gasteiger partial charge in [-0.05, 0) is 49.7 Å². The zero-order chi connectivity index (χ0) is 22.7. The van der Waals surface area contributed by atoms with Crippen LogP contribution in [-0.2, 0) is 16.1 Å². The Morgan fingerprint density at radius 2 is 2.03 bits per heavy atom. The first kappa shape index (κ1) is 20.1. The normalized spacial score (nSPS) is 22.7. The third kappa shape index (κ3) is 3.17. The number of imidazole rings is 1. The number of ether oxygens (including phenoxy) is 2. The third-order valence-corrected chi connectivity index (χ3v) is 6.70. The van der Waals surface area contributed by atoms with Crippen LogP contribution in [0.3, 0.4) is 0 Å². The Morgan fingerprint density at radius 3 is 2.88 bits per heavy atom. The number of amides is 1. The van der Waals surface area contributed by atoms with E-state index in [0.717, 1.165) is 33.4 Å². The predicted octanol–water partition coefficient (Wildman–Crippen LogP) is 3.66. The largest absolute Gasteiger partial charge is 0.383 e. The number of morpholine rings is 1. The van der Waals surface area contributed by atoms with Gasteiger partial charge in [0.15, 0.2) is 0 Å². The van der Waals surface area contributed by atoms with E-state index in [1.165, 1.54) is 0 Å². The van der Waals surface area contributed by atoms with Gasteiger partial charge < -0.3 is 24.5 Å². The second-order valence-electron chi connectivity index (χ2n) is 8.82. The molecular weight excluding hydrogens is 418 g/mol. The topological polar surface area (TPSA) is 95.0 Å². The lowest BCUT2D eigenvalue weighted by molar-refractivity contribution is -0.0326. The van der Waals surface area contributed by atoms with Crippen LogP contribution in [0.4, 0.5) is 5.82 Å². The molecule has 1 fully saturated rings. The van der Waals surface area contributed by atoms with Gasteiger partial charge in [0.1, 0.15) is 11.5 Å². The second kappa shape index (κ2) is 7.54. The fourth-order valence-corrected chi connectivity index (χ4v) is 5.05. The monoisotopic (exact) mass is 443 g/mol. The Labute approximate surface area is 190 Å². The number of hydrogen-bond acceptors (Lipinski definition) is 6. The van der Waals surface area contributed by atoms with Crippen molar-refractivity contribution in [2.24, 2.45) is 0 Å². The smallest absolute Gasteiger partial charge is 0.254 e. The van der Waals surface area contributed by atoms with Gasteiger partial charge in [-0.2, -0.15) is 0 Å². The quantitative estimate of drug-likeness (QED) is 0.508. The molecule has 5 heterocycles. The average molecular weight is 444 g/mol. The van der Waals surface area contributed by atoms with E-state index in [0.29, 0.717) is 31.2 Å². The first-order valence-corrected chi connectivity index (χ1v) is 11.2. The van der Waals surface area contributed by atoms with Crippen molar-refractivity contribution in [1.82, 2.24) is 19.3 Å². The van der Waals surface area contributed by atoms with Crippen molar-refractivity contribution in [1.29, 1.82) is 0 Å². The van der Waals surface area contributed by atoms with Crippen molar-refractivity contribution in [3.05, 3.63) is 71.2 Å². The Bertz CT molecular complexity index is 1360. The first-order valence-electron chi connectivity index (χ1n) is 11.2. The van der Waals surface area contributed by atoms with Crippen LogP contribution in [0.15, 0.2) is 48.8 Å². The minimum Gasteiger partial charge on any atom is -0.383 e. The molecule has 0 bridgehead atoms. The van der Waals surface area contributed by atoms with Gasteiger partial charge >= 0.3 is 0 Å². The fourth-order valence-electron chi connectivity index (χ4n) is 5.05. The third-order valence-electron chi connectivity index (χ3n) is 6.70. The number of anilines is 1. The standard InChI is InChI=1S/C25H25N5O3/c1-14-11-32-13-21(20-10-29-8-4-3-5-22(29)27-20)30(14)25(31)16-6-7-19-17(9-16)18-12-33-15(2)23(18)24(26)28-19/h3-10,14-15,21H,11-13H2,1-2H3,(H2,26,28)/t14-,15?,21-/m1/s1. The summed E-state index contributed by atoms with van der Waals surface area (Å²) in [6, 6.07) is 11.1. The van der Waals surface area contributed by atoms with Crippen LogP contribution in [0.25, 0.3) is 16.6 Å². The summed E-state index contributed by atoms with van der Waals surface area (Å²) >= 11 is 0. The maximum absolute atomic E-state index is 13.8. The summed E-state index contributed by atoms with van der Waals surface area (Å²) in [7, 11) is 0. The van der Waals surface area contributed by atoms with Crippen LogP contribution in [0.2, 0.25) is 0 Å². The number of nitrogen functional groups attached to an aromatic ring is 1. The van der Waals surface area contributed by atoms with E-state index >= 15 is 0 Å². The molecule has 0 spiro atoms. The van der Waals surface area contributed by atoms with E-state index in [1.807, 2.05) is 71.9 Å². The van der Waals surface area contributed by atoms with Crippen LogP contribution in [-0.4, -0.2) is 44.4 Å². The molecule has 3 aromatic heterocycles. The Balaban J connectivity index is 1.42. The van der Waals surface area contributed by atoms with Crippen molar-refractivity contribution in [3.63, 3.8) is 0 Å². The van der Waals surface area contributed by atoms with Crippen molar-refractivity contribution in [2.75, 3.05) is 18.9 Å². The van der Waals surface area contributed by atoms with E-state index < -0.39 is 0 Å². The molecule has 1 unspecified atom stereocenters. The predicted molar refractivity (Wildman–Crippen MR) is 124 cm³/mol. The van der Waals surface area contributed by atoms with Crippen LogP contribution < -0.4 is 5.73 Å². The van der Waals surface area contributed by atoms with E-state index in [4.69, 9.17) is 20.2 Å². The highest BCUT2D eigenvalue weighted by atomic mass is 16.5. The van der Waals surface area contributed by atoms with Gasteiger partial charge in [-0.25, -0.2) is 9.97 Å². The van der Waals surface area contributed by atoms with Gasteiger partial charge in [-0.1, -0.05) is 6.07 Å². The molecular formula is C25H25N5O3. The fraction of sp³-hybridized carbons (Fsp3) is 0.320. The van der Waals surface area contributed by atoms with E-state index in [2.05, 4.69) is 4.98 Å². The number of nitrogens with zero attached hydrogens (tertiary/aromatic N) is 4. The number of rotatable bonds is 2. The lowest BCUT2D eigenvalue weighted by Gasteiger charge is -2.39. The molecule has 8 heteroatoms. The molecule has 33 heavy (non-hydrogen) atoms. The summed E-state index contributed by atoms with van der Waals surface area (Å²) in [6.07, 6.45) is 3.83. The number of hydrogen-bond donors (Lipinski definition) is 1. The van der Waals surface area contributed by atoms with E-state index in [-0.39, 0.29) is 24.1 Å². The van der Waals surface area contributed by atoms with Crippen molar-refractivity contribution in [2.45, 2.75) is 38.6 Å². The zero-order valence-corrected chi connectivity index (χ0v) is 18.6. The summed E-state index contributed by atoms with van der Waals surface area (Å²) < 4.78 is 13.6. The number of nitrogens with two attached hydrogens (primary N) is 1. The van der Waals surface area contributed by atoms with Crippen LogP contribution in [0, 0.1) is 0 Å². The molecule has 168 valence electrons. The number of benzene rings is 1. The highest BCUT2D eigenvalue weighted by Crippen LogP contribution is 2.38. The molecule has 8 nitrogen and oxygen atoms in total. The van der Waals surface area contributed by atoms with Crippen molar-refractivity contribution >= 4 is 28.3 Å². The molecule has 2 aliphatic rings. The number of fused-ring (bicyclic) bond motifs is 4. The summed E-state index contributed by atoms with van der Waals surface area (Å²) in [5.74, 6) is 0.447. The minimum atomic E-state index is -0.268. The van der Waals surface area contributed by atoms with Crippen LogP contribution >= 0.6 is 0 Å². The summed E-state index contributed by atoms with van der Waals surface area (Å²) in [5.41, 5.74) is 11.2. The molecule has 1 amide bonds. The molecule has 2 aliphatic heterocycles. The van der Waals surface area contributed by atoms with Gasteiger partial charge in [0.05, 0.1) is 49.2 Å².